The third kappa shape index (κ3) is 2.99. The van der Waals surface area contributed by atoms with Crippen LogP contribution in [0.4, 0.5) is 5.69 Å². The molecule has 2 aliphatic rings. The predicted molar refractivity (Wildman–Crippen MR) is 90.2 cm³/mol. The van der Waals surface area contributed by atoms with Crippen molar-refractivity contribution >= 4 is 17.6 Å². The van der Waals surface area contributed by atoms with Gasteiger partial charge in [-0.15, -0.1) is 0 Å². The van der Waals surface area contributed by atoms with E-state index >= 15 is 0 Å². The van der Waals surface area contributed by atoms with Crippen molar-refractivity contribution in [2.24, 2.45) is 23.7 Å². The van der Waals surface area contributed by atoms with Gasteiger partial charge in [-0.1, -0.05) is 0 Å². The molecule has 25 heavy (non-hydrogen) atoms. The summed E-state index contributed by atoms with van der Waals surface area (Å²) < 4.78 is 15.8. The highest BCUT2D eigenvalue weighted by Gasteiger charge is 2.54. The summed E-state index contributed by atoms with van der Waals surface area (Å²) >= 11 is 0. The van der Waals surface area contributed by atoms with Gasteiger partial charge in [0.25, 0.3) is 0 Å². The van der Waals surface area contributed by atoms with Gasteiger partial charge in [-0.05, 0) is 31.1 Å². The Labute approximate surface area is 146 Å². The Morgan fingerprint density at radius 3 is 2.04 bits per heavy atom. The molecule has 2 N–H and O–H groups in total. The lowest BCUT2D eigenvalue weighted by atomic mass is 9.78. The molecule has 1 aromatic carbocycles. The fraction of sp³-hybridized carbons (Fsp3) is 0.556. The van der Waals surface area contributed by atoms with Gasteiger partial charge in [0, 0.05) is 17.8 Å². The van der Waals surface area contributed by atoms with E-state index in [2.05, 4.69) is 5.32 Å². The summed E-state index contributed by atoms with van der Waals surface area (Å²) in [5, 5.41) is 12.4. The summed E-state index contributed by atoms with van der Waals surface area (Å²) in [5.74, 6) is -0.667. The molecule has 7 heteroatoms. The van der Waals surface area contributed by atoms with Crippen LogP contribution in [0.25, 0.3) is 0 Å². The van der Waals surface area contributed by atoms with Crippen LogP contribution in [-0.4, -0.2) is 38.3 Å². The number of fused-ring (bicyclic) bond motifs is 2. The number of aliphatic carboxylic acids is 1. The van der Waals surface area contributed by atoms with Crippen LogP contribution in [0.15, 0.2) is 12.1 Å². The normalized spacial score (nSPS) is 27.0. The molecule has 0 saturated heterocycles. The number of benzene rings is 1. The van der Waals surface area contributed by atoms with E-state index in [1.165, 1.54) is 21.3 Å². The second-order valence-electron chi connectivity index (χ2n) is 6.63. The van der Waals surface area contributed by atoms with Gasteiger partial charge >= 0.3 is 5.97 Å². The van der Waals surface area contributed by atoms with Crippen molar-refractivity contribution in [2.45, 2.75) is 19.3 Å². The Bertz CT molecular complexity index is 663. The maximum absolute atomic E-state index is 12.8. The summed E-state index contributed by atoms with van der Waals surface area (Å²) in [4.78, 5) is 24.4. The number of carboxylic acids is 1. The van der Waals surface area contributed by atoms with Crippen molar-refractivity contribution in [1.82, 2.24) is 0 Å². The van der Waals surface area contributed by atoms with Crippen LogP contribution in [0.1, 0.15) is 19.3 Å². The van der Waals surface area contributed by atoms with Gasteiger partial charge < -0.3 is 24.6 Å². The number of hydrogen-bond acceptors (Lipinski definition) is 5. The number of nitrogens with one attached hydrogen (secondary N) is 1. The van der Waals surface area contributed by atoms with Gasteiger partial charge in [-0.25, -0.2) is 0 Å². The number of anilines is 1. The maximum Gasteiger partial charge on any atom is 0.307 e. The number of rotatable bonds is 6. The van der Waals surface area contributed by atoms with E-state index in [4.69, 9.17) is 14.2 Å². The molecule has 0 heterocycles. The Hall–Kier alpha value is -2.44. The van der Waals surface area contributed by atoms with Crippen molar-refractivity contribution in [3.63, 3.8) is 0 Å². The molecule has 0 aromatic heterocycles. The largest absolute Gasteiger partial charge is 0.493 e. The number of hydrogen-bond donors (Lipinski definition) is 2. The fourth-order valence-corrected chi connectivity index (χ4v) is 4.40. The molecule has 2 aliphatic carbocycles. The topological polar surface area (TPSA) is 94.1 Å². The van der Waals surface area contributed by atoms with Crippen LogP contribution >= 0.6 is 0 Å². The van der Waals surface area contributed by atoms with Gasteiger partial charge in [0.1, 0.15) is 0 Å². The number of carboxylic acid groups (broad SMARTS) is 1. The van der Waals surface area contributed by atoms with Crippen LogP contribution in [0.2, 0.25) is 0 Å². The smallest absolute Gasteiger partial charge is 0.307 e. The highest BCUT2D eigenvalue weighted by Crippen LogP contribution is 2.52. The number of carbonyl (C=O) groups is 2. The van der Waals surface area contributed by atoms with E-state index in [0.717, 1.165) is 19.3 Å². The summed E-state index contributed by atoms with van der Waals surface area (Å²) in [7, 11) is 4.50. The minimum Gasteiger partial charge on any atom is -0.493 e. The first-order valence-corrected chi connectivity index (χ1v) is 8.33. The first-order chi connectivity index (χ1) is 12.0. The van der Waals surface area contributed by atoms with Gasteiger partial charge in [0.2, 0.25) is 11.7 Å². The quantitative estimate of drug-likeness (QED) is 0.819. The lowest BCUT2D eigenvalue weighted by Crippen LogP contribution is -2.37. The molecule has 2 fully saturated rings. The van der Waals surface area contributed by atoms with E-state index in [0.29, 0.717) is 22.9 Å². The van der Waals surface area contributed by atoms with E-state index in [1.54, 1.807) is 12.1 Å². The second-order valence-corrected chi connectivity index (χ2v) is 6.63. The van der Waals surface area contributed by atoms with E-state index in [-0.39, 0.29) is 17.7 Å². The summed E-state index contributed by atoms with van der Waals surface area (Å²) in [6.45, 7) is 0. The lowest BCUT2D eigenvalue weighted by Gasteiger charge is -2.27. The number of amides is 1. The van der Waals surface area contributed by atoms with Crippen LogP contribution in [0.5, 0.6) is 17.2 Å². The summed E-state index contributed by atoms with van der Waals surface area (Å²) in [6, 6.07) is 3.28. The Morgan fingerprint density at radius 2 is 1.56 bits per heavy atom. The van der Waals surface area contributed by atoms with E-state index in [9.17, 15) is 14.7 Å². The third-order valence-corrected chi connectivity index (χ3v) is 5.44. The first kappa shape index (κ1) is 17.4. The fourth-order valence-electron chi connectivity index (χ4n) is 4.40. The van der Waals surface area contributed by atoms with Gasteiger partial charge in [-0.3, -0.25) is 9.59 Å². The van der Waals surface area contributed by atoms with Crippen molar-refractivity contribution in [3.05, 3.63) is 12.1 Å². The highest BCUT2D eigenvalue weighted by atomic mass is 16.5. The Kier molecular flexibility index (Phi) is 4.74. The van der Waals surface area contributed by atoms with Crippen molar-refractivity contribution in [2.75, 3.05) is 26.6 Å². The maximum atomic E-state index is 12.8. The van der Waals surface area contributed by atoms with Crippen LogP contribution in [0.3, 0.4) is 0 Å². The molecule has 136 valence electrons. The molecule has 3 rings (SSSR count). The average molecular weight is 349 g/mol. The standard InChI is InChI=1S/C18H23NO6/c1-23-12-7-11(8-13(24-2)16(12)25-3)19-17(20)14-9-4-5-10(6-9)15(14)18(21)22/h7-10,14-15H,4-6H2,1-3H3,(H,19,20)(H,21,22)/t9-,10-,14+,15-/m0/s1. The van der Waals surface area contributed by atoms with Crippen molar-refractivity contribution in [1.29, 1.82) is 0 Å². The molecule has 0 spiro atoms. The number of carbonyl (C=O) groups excluding carboxylic acids is 1. The van der Waals surface area contributed by atoms with Crippen LogP contribution < -0.4 is 19.5 Å². The van der Waals surface area contributed by atoms with Gasteiger partial charge in [-0.2, -0.15) is 0 Å². The number of methoxy groups -OCH3 is 3. The first-order valence-electron chi connectivity index (χ1n) is 8.33. The van der Waals surface area contributed by atoms with Crippen LogP contribution in [-0.2, 0) is 9.59 Å². The van der Waals surface area contributed by atoms with Crippen LogP contribution in [0, 0.1) is 23.7 Å². The van der Waals surface area contributed by atoms with Gasteiger partial charge in [0.05, 0.1) is 33.2 Å². The molecule has 0 unspecified atom stereocenters. The molecule has 1 amide bonds. The average Bonchev–Trinajstić information content (AvgIpc) is 3.21. The molecule has 4 atom stereocenters. The molecule has 7 nitrogen and oxygen atoms in total. The SMILES string of the molecule is COc1cc(NC(=O)[C@@H]2[C@H]3CC[C@@H](C3)[C@@H]2C(=O)O)cc(OC)c1OC. The third-order valence-electron chi connectivity index (χ3n) is 5.44. The Morgan fingerprint density at radius 1 is 1.00 bits per heavy atom. The molecule has 1 aromatic rings. The van der Waals surface area contributed by atoms with Crippen molar-refractivity contribution in [3.8, 4) is 17.2 Å². The zero-order chi connectivity index (χ0) is 18.1. The minimum absolute atomic E-state index is 0.109. The summed E-state index contributed by atoms with van der Waals surface area (Å²) in [5.41, 5.74) is 0.492. The summed E-state index contributed by atoms with van der Waals surface area (Å²) in [6.07, 6.45) is 2.64. The van der Waals surface area contributed by atoms with E-state index in [1.807, 2.05) is 0 Å². The Balaban J connectivity index is 1.84. The monoisotopic (exact) mass is 349 g/mol. The second kappa shape index (κ2) is 6.82. The zero-order valence-electron chi connectivity index (χ0n) is 14.6. The molecular weight excluding hydrogens is 326 g/mol. The molecular formula is C18H23NO6. The van der Waals surface area contributed by atoms with Gasteiger partial charge in [0.15, 0.2) is 11.5 Å². The molecule has 2 saturated carbocycles. The molecule has 0 aliphatic heterocycles. The lowest BCUT2D eigenvalue weighted by molar-refractivity contribution is -0.148. The highest BCUT2D eigenvalue weighted by molar-refractivity contribution is 5.96. The predicted octanol–water partition coefficient (Wildman–Crippen LogP) is 2.40. The van der Waals surface area contributed by atoms with E-state index < -0.39 is 17.8 Å². The minimum atomic E-state index is -0.878. The number of ether oxygens (including phenoxy) is 3. The zero-order valence-corrected chi connectivity index (χ0v) is 14.6. The molecule has 0 radical (unpaired) electrons. The van der Waals surface area contributed by atoms with Crippen molar-refractivity contribution < 1.29 is 28.9 Å². The molecule has 2 bridgehead atoms.